The summed E-state index contributed by atoms with van der Waals surface area (Å²) in [7, 11) is 0. The van der Waals surface area contributed by atoms with Crippen LogP contribution in [0.25, 0.3) is 6.08 Å². The maximum Gasteiger partial charge on any atom is 0.106 e. The summed E-state index contributed by atoms with van der Waals surface area (Å²) >= 11 is 3.37. The van der Waals surface area contributed by atoms with E-state index < -0.39 is 0 Å². The van der Waals surface area contributed by atoms with E-state index in [9.17, 15) is 0 Å². The van der Waals surface area contributed by atoms with Crippen LogP contribution < -0.4 is 0 Å². The Balaban J connectivity index is 2.54. The minimum absolute atomic E-state index is 0.896. The van der Waals surface area contributed by atoms with Crippen molar-refractivity contribution in [1.82, 2.24) is 0 Å². The second kappa shape index (κ2) is 3.23. The molecule has 1 heterocycles. The molecule has 0 aromatic heterocycles. The highest BCUT2D eigenvalue weighted by Crippen LogP contribution is 2.19. The SMILES string of the molecule is BrC1=Cc2ccccc2CC=N1. The van der Waals surface area contributed by atoms with Crippen LogP contribution >= 0.6 is 15.9 Å². The summed E-state index contributed by atoms with van der Waals surface area (Å²) in [5, 5.41) is 0. The number of benzene rings is 1. The van der Waals surface area contributed by atoms with Gasteiger partial charge >= 0.3 is 0 Å². The number of hydrogen-bond donors (Lipinski definition) is 0. The Morgan fingerprint density at radius 2 is 2.08 bits per heavy atom. The maximum absolute atomic E-state index is 4.19. The van der Waals surface area contributed by atoms with Crippen molar-refractivity contribution in [3.63, 3.8) is 0 Å². The van der Waals surface area contributed by atoms with Crippen molar-refractivity contribution < 1.29 is 0 Å². The summed E-state index contributed by atoms with van der Waals surface area (Å²) in [5.74, 6) is 0. The van der Waals surface area contributed by atoms with Crippen LogP contribution in [0.15, 0.2) is 33.9 Å². The minimum atomic E-state index is 0.896. The molecule has 1 aliphatic heterocycles. The van der Waals surface area contributed by atoms with Crippen molar-refractivity contribution in [2.45, 2.75) is 6.42 Å². The molecule has 1 aromatic carbocycles. The third-order valence-corrected chi connectivity index (χ3v) is 2.29. The van der Waals surface area contributed by atoms with Crippen LogP contribution in [-0.2, 0) is 6.42 Å². The zero-order chi connectivity index (χ0) is 8.39. The van der Waals surface area contributed by atoms with E-state index >= 15 is 0 Å². The molecule has 1 aliphatic rings. The maximum atomic E-state index is 4.19. The van der Waals surface area contributed by atoms with Gasteiger partial charge in [0.1, 0.15) is 4.61 Å². The predicted octanol–water partition coefficient (Wildman–Crippen LogP) is 3.01. The summed E-state index contributed by atoms with van der Waals surface area (Å²) in [6.07, 6.45) is 4.88. The van der Waals surface area contributed by atoms with Crippen LogP contribution in [0.4, 0.5) is 0 Å². The van der Waals surface area contributed by atoms with Crippen molar-refractivity contribution in [3.8, 4) is 0 Å². The number of rotatable bonds is 0. The van der Waals surface area contributed by atoms with E-state index in [4.69, 9.17) is 0 Å². The van der Waals surface area contributed by atoms with Gasteiger partial charge in [-0.25, -0.2) is 0 Å². The molecule has 12 heavy (non-hydrogen) atoms. The van der Waals surface area contributed by atoms with Crippen LogP contribution in [0.2, 0.25) is 0 Å². The molecular weight excluding hydrogens is 214 g/mol. The van der Waals surface area contributed by atoms with Gasteiger partial charge in [-0.3, -0.25) is 4.99 Å². The minimum Gasteiger partial charge on any atom is -0.253 e. The third kappa shape index (κ3) is 1.48. The topological polar surface area (TPSA) is 12.4 Å². The zero-order valence-corrected chi connectivity index (χ0v) is 8.08. The summed E-state index contributed by atoms with van der Waals surface area (Å²) in [6, 6.07) is 8.33. The fraction of sp³-hybridized carbons (Fsp3) is 0.100. The average molecular weight is 222 g/mol. The first-order valence-electron chi connectivity index (χ1n) is 3.84. The van der Waals surface area contributed by atoms with Gasteiger partial charge in [0.05, 0.1) is 0 Å². The van der Waals surface area contributed by atoms with Crippen LogP contribution in [0.3, 0.4) is 0 Å². The lowest BCUT2D eigenvalue weighted by molar-refractivity contribution is 1.35. The third-order valence-electron chi connectivity index (χ3n) is 1.86. The number of nitrogens with zero attached hydrogens (tertiary/aromatic N) is 1. The summed E-state index contributed by atoms with van der Waals surface area (Å²) in [5.41, 5.74) is 2.58. The number of hydrogen-bond acceptors (Lipinski definition) is 1. The standard InChI is InChI=1S/C10H8BrN/c11-10-7-9-4-2-1-3-8(9)5-6-12-10/h1-4,6-7H,5H2. The zero-order valence-electron chi connectivity index (χ0n) is 6.50. The van der Waals surface area contributed by atoms with Crippen molar-refractivity contribution in [3.05, 3.63) is 40.0 Å². The van der Waals surface area contributed by atoms with Gasteiger partial charge in [-0.2, -0.15) is 0 Å². The van der Waals surface area contributed by atoms with Crippen LogP contribution in [0.1, 0.15) is 11.1 Å². The Labute approximate surface area is 80.0 Å². The Hall–Kier alpha value is -0.890. The molecule has 0 saturated carbocycles. The number of halogens is 1. The molecule has 0 bridgehead atoms. The van der Waals surface area contributed by atoms with Gasteiger partial charge < -0.3 is 0 Å². The Bertz CT molecular complexity index is 353. The average Bonchev–Trinajstić information content (AvgIpc) is 2.25. The first-order chi connectivity index (χ1) is 5.86. The van der Waals surface area contributed by atoms with E-state index in [2.05, 4.69) is 39.1 Å². The van der Waals surface area contributed by atoms with Gasteiger partial charge in [0.25, 0.3) is 0 Å². The lowest BCUT2D eigenvalue weighted by atomic mass is 10.1. The van der Waals surface area contributed by atoms with Gasteiger partial charge in [-0.1, -0.05) is 24.3 Å². The Morgan fingerprint density at radius 1 is 1.25 bits per heavy atom. The van der Waals surface area contributed by atoms with E-state index in [1.165, 1.54) is 11.1 Å². The Kier molecular flexibility index (Phi) is 2.09. The smallest absolute Gasteiger partial charge is 0.106 e. The first kappa shape index (κ1) is 7.74. The van der Waals surface area contributed by atoms with E-state index in [1.54, 1.807) is 0 Å². The van der Waals surface area contributed by atoms with Gasteiger partial charge in [0, 0.05) is 12.6 Å². The molecule has 1 nitrogen and oxygen atoms in total. The van der Waals surface area contributed by atoms with E-state index in [0.717, 1.165) is 11.0 Å². The summed E-state index contributed by atoms with van der Waals surface area (Å²) in [4.78, 5) is 4.19. The molecule has 0 radical (unpaired) electrons. The molecule has 1 aromatic rings. The molecule has 0 atom stereocenters. The van der Waals surface area contributed by atoms with E-state index in [0.29, 0.717) is 0 Å². The monoisotopic (exact) mass is 221 g/mol. The van der Waals surface area contributed by atoms with E-state index in [-0.39, 0.29) is 0 Å². The molecule has 0 unspecified atom stereocenters. The van der Waals surface area contributed by atoms with Gasteiger partial charge in [-0.05, 0) is 33.1 Å². The molecular formula is C10H8BrN. The van der Waals surface area contributed by atoms with Crippen LogP contribution in [0, 0.1) is 0 Å². The largest absolute Gasteiger partial charge is 0.253 e. The molecule has 60 valence electrons. The van der Waals surface area contributed by atoms with E-state index in [1.807, 2.05) is 18.4 Å². The molecule has 0 saturated heterocycles. The fourth-order valence-corrected chi connectivity index (χ4v) is 1.65. The summed E-state index contributed by atoms with van der Waals surface area (Å²) < 4.78 is 0.896. The Morgan fingerprint density at radius 3 is 3.00 bits per heavy atom. The van der Waals surface area contributed by atoms with Crippen molar-refractivity contribution in [1.29, 1.82) is 0 Å². The highest BCUT2D eigenvalue weighted by molar-refractivity contribution is 9.11. The van der Waals surface area contributed by atoms with Gasteiger partial charge in [0.15, 0.2) is 0 Å². The van der Waals surface area contributed by atoms with Gasteiger partial charge in [0.2, 0.25) is 0 Å². The molecule has 0 N–H and O–H groups in total. The fourth-order valence-electron chi connectivity index (χ4n) is 1.26. The number of fused-ring (bicyclic) bond motifs is 1. The van der Waals surface area contributed by atoms with Crippen LogP contribution in [0.5, 0.6) is 0 Å². The van der Waals surface area contributed by atoms with Crippen molar-refractivity contribution in [2.75, 3.05) is 0 Å². The molecule has 2 rings (SSSR count). The number of aliphatic imine (C=N–C) groups is 1. The normalized spacial score (nSPS) is 14.9. The lowest BCUT2D eigenvalue weighted by Gasteiger charge is -1.98. The lowest BCUT2D eigenvalue weighted by Crippen LogP contribution is -1.87. The molecule has 0 aliphatic carbocycles. The second-order valence-corrected chi connectivity index (χ2v) is 3.49. The van der Waals surface area contributed by atoms with Gasteiger partial charge in [-0.15, -0.1) is 0 Å². The molecule has 0 spiro atoms. The molecule has 0 amide bonds. The van der Waals surface area contributed by atoms with Crippen molar-refractivity contribution >= 4 is 28.2 Å². The predicted molar refractivity (Wildman–Crippen MR) is 55.5 cm³/mol. The quantitative estimate of drug-likeness (QED) is 0.598. The second-order valence-electron chi connectivity index (χ2n) is 2.68. The first-order valence-corrected chi connectivity index (χ1v) is 4.63. The highest BCUT2D eigenvalue weighted by atomic mass is 79.9. The molecule has 0 fully saturated rings. The highest BCUT2D eigenvalue weighted by Gasteiger charge is 2.01. The molecule has 2 heteroatoms. The van der Waals surface area contributed by atoms with Crippen molar-refractivity contribution in [2.24, 2.45) is 4.99 Å². The van der Waals surface area contributed by atoms with Crippen LogP contribution in [-0.4, -0.2) is 6.21 Å². The summed E-state index contributed by atoms with van der Waals surface area (Å²) in [6.45, 7) is 0.